The second-order valence-electron chi connectivity index (χ2n) is 6.32. The highest BCUT2D eigenvalue weighted by Crippen LogP contribution is 2.20. The Balaban J connectivity index is 1.69. The van der Waals surface area contributed by atoms with Gasteiger partial charge in [0.2, 0.25) is 5.91 Å². The Morgan fingerprint density at radius 1 is 1.12 bits per heavy atom. The van der Waals surface area contributed by atoms with Crippen molar-refractivity contribution in [2.75, 3.05) is 0 Å². The van der Waals surface area contributed by atoms with E-state index in [0.717, 1.165) is 33.4 Å². The number of aromatic nitrogens is 4. The third-order valence-corrected chi connectivity index (χ3v) is 4.50. The number of rotatable bonds is 6. The van der Waals surface area contributed by atoms with Crippen LogP contribution in [-0.4, -0.2) is 25.7 Å². The van der Waals surface area contributed by atoms with Crippen molar-refractivity contribution >= 4 is 16.8 Å². The van der Waals surface area contributed by atoms with Gasteiger partial charge in [0.1, 0.15) is 0 Å². The van der Waals surface area contributed by atoms with Crippen molar-refractivity contribution in [3.05, 3.63) is 83.6 Å². The number of imidazole rings is 1. The molecule has 0 aliphatic carbocycles. The zero-order valence-corrected chi connectivity index (χ0v) is 14.2. The molecule has 2 aromatic carbocycles. The summed E-state index contributed by atoms with van der Waals surface area (Å²) < 4.78 is 2.00. The van der Waals surface area contributed by atoms with Crippen LogP contribution in [-0.2, 0) is 24.2 Å². The van der Waals surface area contributed by atoms with E-state index in [9.17, 15) is 4.79 Å². The molecule has 0 aliphatic heterocycles. The molecule has 0 saturated heterocycles. The summed E-state index contributed by atoms with van der Waals surface area (Å²) in [5.74, 6) is -0.359. The molecule has 1 amide bonds. The van der Waals surface area contributed by atoms with Crippen LogP contribution in [0, 0.1) is 0 Å². The van der Waals surface area contributed by atoms with Crippen LogP contribution in [0.5, 0.6) is 0 Å². The molecule has 4 rings (SSSR count). The maximum atomic E-state index is 11.6. The lowest BCUT2D eigenvalue weighted by Crippen LogP contribution is -2.18. The van der Waals surface area contributed by atoms with Crippen LogP contribution in [0.25, 0.3) is 10.9 Å². The fourth-order valence-electron chi connectivity index (χ4n) is 3.24. The molecule has 0 saturated carbocycles. The lowest BCUT2D eigenvalue weighted by molar-refractivity contribution is -0.117. The van der Waals surface area contributed by atoms with Crippen molar-refractivity contribution in [3.63, 3.8) is 0 Å². The van der Waals surface area contributed by atoms with Crippen LogP contribution in [0.1, 0.15) is 22.5 Å². The van der Waals surface area contributed by atoms with Gasteiger partial charge in [-0.3, -0.25) is 9.89 Å². The monoisotopic (exact) mass is 345 g/mol. The molecular formula is C20H19N5O. The summed E-state index contributed by atoms with van der Waals surface area (Å²) in [5, 5.41) is 8.16. The molecule has 130 valence electrons. The molecule has 2 aromatic heterocycles. The Hall–Kier alpha value is -3.41. The van der Waals surface area contributed by atoms with Crippen molar-refractivity contribution in [2.24, 2.45) is 5.73 Å². The number of carbonyl (C=O) groups is 1. The summed E-state index contributed by atoms with van der Waals surface area (Å²) in [6, 6.07) is 16.1. The number of hydrogen-bond acceptors (Lipinski definition) is 3. The minimum atomic E-state index is -0.359. The number of H-pyrrole nitrogens is 1. The second kappa shape index (κ2) is 6.84. The Kier molecular flexibility index (Phi) is 4.23. The quantitative estimate of drug-likeness (QED) is 0.562. The number of nitrogens with two attached hydrogens (primary N) is 1. The van der Waals surface area contributed by atoms with Gasteiger partial charge < -0.3 is 10.3 Å². The van der Waals surface area contributed by atoms with Gasteiger partial charge in [0.25, 0.3) is 0 Å². The lowest BCUT2D eigenvalue weighted by Gasteiger charge is -2.10. The third-order valence-electron chi connectivity index (χ3n) is 4.50. The van der Waals surface area contributed by atoms with E-state index in [1.165, 1.54) is 0 Å². The van der Waals surface area contributed by atoms with E-state index in [1.54, 1.807) is 6.33 Å². The fourth-order valence-corrected chi connectivity index (χ4v) is 3.24. The summed E-state index contributed by atoms with van der Waals surface area (Å²) >= 11 is 0. The van der Waals surface area contributed by atoms with Crippen LogP contribution >= 0.6 is 0 Å². The summed E-state index contributed by atoms with van der Waals surface area (Å²) in [5.41, 5.74) is 10.5. The minimum Gasteiger partial charge on any atom is -0.369 e. The van der Waals surface area contributed by atoms with Crippen LogP contribution < -0.4 is 5.73 Å². The van der Waals surface area contributed by atoms with Crippen LogP contribution in [0.4, 0.5) is 0 Å². The molecule has 6 nitrogen and oxygen atoms in total. The Bertz CT molecular complexity index is 1050. The molecule has 0 radical (unpaired) electrons. The molecule has 0 spiro atoms. The number of nitrogens with one attached hydrogen (secondary N) is 1. The molecule has 26 heavy (non-hydrogen) atoms. The predicted molar refractivity (Wildman–Crippen MR) is 99.6 cm³/mol. The van der Waals surface area contributed by atoms with Crippen molar-refractivity contribution in [1.29, 1.82) is 0 Å². The van der Waals surface area contributed by atoms with E-state index in [4.69, 9.17) is 5.73 Å². The van der Waals surface area contributed by atoms with Crippen LogP contribution in [0.3, 0.4) is 0 Å². The SMILES string of the molecule is NC(=O)Cc1c(Cc2ccccc2)ncn1Cc1cccc2[nH]ncc12. The van der Waals surface area contributed by atoms with Crippen molar-refractivity contribution in [3.8, 4) is 0 Å². The first-order chi connectivity index (χ1) is 12.7. The molecule has 4 aromatic rings. The highest BCUT2D eigenvalue weighted by molar-refractivity contribution is 5.81. The van der Waals surface area contributed by atoms with Gasteiger partial charge in [0.05, 0.1) is 35.8 Å². The Morgan fingerprint density at radius 2 is 1.96 bits per heavy atom. The molecule has 0 unspecified atom stereocenters. The number of amides is 1. The minimum absolute atomic E-state index is 0.170. The first-order valence-corrected chi connectivity index (χ1v) is 8.47. The number of primary amides is 1. The highest BCUT2D eigenvalue weighted by Gasteiger charge is 2.15. The largest absolute Gasteiger partial charge is 0.369 e. The summed E-state index contributed by atoms with van der Waals surface area (Å²) in [6.07, 6.45) is 4.45. The molecular weight excluding hydrogens is 326 g/mol. The molecule has 2 heterocycles. The van der Waals surface area contributed by atoms with Gasteiger partial charge in [0, 0.05) is 18.4 Å². The first kappa shape index (κ1) is 16.1. The van der Waals surface area contributed by atoms with E-state index in [-0.39, 0.29) is 12.3 Å². The highest BCUT2D eigenvalue weighted by atomic mass is 16.1. The number of carbonyl (C=O) groups excluding carboxylic acids is 1. The smallest absolute Gasteiger partial charge is 0.223 e. The predicted octanol–water partition coefficient (Wildman–Crippen LogP) is 2.43. The zero-order valence-electron chi connectivity index (χ0n) is 14.2. The molecule has 0 bridgehead atoms. The zero-order chi connectivity index (χ0) is 17.9. The van der Waals surface area contributed by atoms with Gasteiger partial charge in [-0.1, -0.05) is 42.5 Å². The molecule has 0 fully saturated rings. The van der Waals surface area contributed by atoms with E-state index in [1.807, 2.05) is 41.1 Å². The maximum Gasteiger partial charge on any atom is 0.223 e. The summed E-state index contributed by atoms with van der Waals surface area (Å²) in [6.45, 7) is 0.612. The topological polar surface area (TPSA) is 89.6 Å². The van der Waals surface area contributed by atoms with Gasteiger partial charge in [0.15, 0.2) is 0 Å². The van der Waals surface area contributed by atoms with Gasteiger partial charge in [-0.2, -0.15) is 5.10 Å². The number of fused-ring (bicyclic) bond motifs is 1. The van der Waals surface area contributed by atoms with E-state index >= 15 is 0 Å². The van der Waals surface area contributed by atoms with E-state index in [2.05, 4.69) is 33.4 Å². The van der Waals surface area contributed by atoms with Gasteiger partial charge >= 0.3 is 0 Å². The fraction of sp³-hybridized carbons (Fsp3) is 0.150. The maximum absolute atomic E-state index is 11.6. The molecule has 0 atom stereocenters. The standard InChI is InChI=1S/C20H19N5O/c21-20(26)10-19-18(9-14-5-2-1-3-6-14)22-13-25(19)12-15-7-4-8-17-16(15)11-23-24-17/h1-8,11,13H,9-10,12H2,(H2,21,26)(H,23,24). The van der Waals surface area contributed by atoms with E-state index in [0.29, 0.717) is 13.0 Å². The summed E-state index contributed by atoms with van der Waals surface area (Å²) in [7, 11) is 0. The third kappa shape index (κ3) is 3.21. The molecule has 0 aliphatic rings. The van der Waals surface area contributed by atoms with Crippen LogP contribution in [0.2, 0.25) is 0 Å². The van der Waals surface area contributed by atoms with E-state index < -0.39 is 0 Å². The number of benzene rings is 2. The lowest BCUT2D eigenvalue weighted by atomic mass is 10.1. The number of hydrogen-bond donors (Lipinski definition) is 2. The van der Waals surface area contributed by atoms with Gasteiger partial charge in [-0.05, 0) is 17.2 Å². The Morgan fingerprint density at radius 3 is 2.77 bits per heavy atom. The number of nitrogens with zero attached hydrogens (tertiary/aromatic N) is 3. The molecule has 3 N–H and O–H groups in total. The van der Waals surface area contributed by atoms with Crippen molar-refractivity contribution in [2.45, 2.75) is 19.4 Å². The van der Waals surface area contributed by atoms with Crippen molar-refractivity contribution < 1.29 is 4.79 Å². The number of aromatic amines is 1. The molecule has 6 heteroatoms. The normalized spacial score (nSPS) is 11.1. The second-order valence-corrected chi connectivity index (χ2v) is 6.32. The van der Waals surface area contributed by atoms with Crippen LogP contribution in [0.15, 0.2) is 61.1 Å². The van der Waals surface area contributed by atoms with Crippen molar-refractivity contribution in [1.82, 2.24) is 19.7 Å². The van der Waals surface area contributed by atoms with Gasteiger partial charge in [-0.15, -0.1) is 0 Å². The average molecular weight is 345 g/mol. The van der Waals surface area contributed by atoms with Gasteiger partial charge in [-0.25, -0.2) is 4.98 Å². The average Bonchev–Trinajstić information content (AvgIpc) is 3.25. The Labute approximate surface area is 150 Å². The first-order valence-electron chi connectivity index (χ1n) is 8.47. The summed E-state index contributed by atoms with van der Waals surface area (Å²) in [4.78, 5) is 16.2.